The summed E-state index contributed by atoms with van der Waals surface area (Å²) in [5.41, 5.74) is 3.80. The Kier molecular flexibility index (Phi) is 6.01. The summed E-state index contributed by atoms with van der Waals surface area (Å²) in [5.74, 6) is 1.14. The Hall–Kier alpha value is -2.54. The van der Waals surface area contributed by atoms with Gasteiger partial charge < -0.3 is 9.30 Å². The quantitative estimate of drug-likeness (QED) is 0.433. The van der Waals surface area contributed by atoms with Gasteiger partial charge in [0, 0.05) is 23.5 Å². The molecule has 0 amide bonds. The van der Waals surface area contributed by atoms with E-state index in [0.717, 1.165) is 41.4 Å². The van der Waals surface area contributed by atoms with E-state index in [1.165, 1.54) is 11.8 Å². The molecule has 1 aromatic carbocycles. The van der Waals surface area contributed by atoms with Crippen LogP contribution in [0.3, 0.4) is 0 Å². The molecular formula is C20H24N4O2S. The van der Waals surface area contributed by atoms with E-state index in [1.807, 2.05) is 48.7 Å². The van der Waals surface area contributed by atoms with E-state index >= 15 is 0 Å². The van der Waals surface area contributed by atoms with Crippen molar-refractivity contribution in [3.05, 3.63) is 53.6 Å². The molecule has 0 radical (unpaired) electrons. The molecule has 7 heteroatoms. The van der Waals surface area contributed by atoms with Gasteiger partial charge in [-0.25, -0.2) is 0 Å². The zero-order chi connectivity index (χ0) is 19.4. The maximum absolute atomic E-state index is 12.8. The fourth-order valence-corrected chi connectivity index (χ4v) is 3.98. The van der Waals surface area contributed by atoms with Crippen molar-refractivity contribution >= 4 is 17.5 Å². The van der Waals surface area contributed by atoms with E-state index < -0.39 is 0 Å². The van der Waals surface area contributed by atoms with Crippen LogP contribution >= 0.6 is 11.8 Å². The molecule has 0 aliphatic rings. The van der Waals surface area contributed by atoms with Crippen LogP contribution in [0.5, 0.6) is 5.75 Å². The second-order valence-corrected chi connectivity index (χ2v) is 7.25. The van der Waals surface area contributed by atoms with Gasteiger partial charge in [-0.2, -0.15) is 0 Å². The zero-order valence-corrected chi connectivity index (χ0v) is 16.9. The number of carbonyl (C=O) groups excluding carboxylic acids is 1. The fraction of sp³-hybridized carbons (Fsp3) is 0.350. The molecule has 0 aliphatic heterocycles. The van der Waals surface area contributed by atoms with Crippen molar-refractivity contribution < 1.29 is 9.53 Å². The summed E-state index contributed by atoms with van der Waals surface area (Å²) in [6.07, 6.45) is 2.68. The van der Waals surface area contributed by atoms with Gasteiger partial charge in [0.25, 0.3) is 0 Å². The number of benzene rings is 1. The number of thioether (sulfide) groups is 1. The smallest absolute Gasteiger partial charge is 0.196 e. The lowest BCUT2D eigenvalue weighted by Gasteiger charge is -2.10. The highest BCUT2D eigenvalue weighted by molar-refractivity contribution is 7.99. The lowest BCUT2D eigenvalue weighted by Crippen LogP contribution is -2.07. The lowest BCUT2D eigenvalue weighted by atomic mass is 10.2. The maximum Gasteiger partial charge on any atom is 0.196 e. The predicted molar refractivity (Wildman–Crippen MR) is 107 cm³/mol. The number of para-hydroxylation sites is 2. The van der Waals surface area contributed by atoms with E-state index in [2.05, 4.69) is 21.7 Å². The van der Waals surface area contributed by atoms with Crippen molar-refractivity contribution in [1.29, 1.82) is 0 Å². The number of aryl methyl sites for hydroxylation is 1. The van der Waals surface area contributed by atoms with Gasteiger partial charge in [0.2, 0.25) is 0 Å². The number of nitrogens with zero attached hydrogens (tertiary/aromatic N) is 4. The molecule has 0 bridgehead atoms. The molecule has 6 nitrogen and oxygen atoms in total. The number of aromatic nitrogens is 4. The second kappa shape index (κ2) is 8.43. The SMILES string of the molecule is CCCn1c(C)cc(C(=O)CSc2nncn2-c2ccccc2OC)c1C. The molecule has 0 saturated carbocycles. The number of ether oxygens (including phenoxy) is 1. The first-order valence-corrected chi connectivity index (χ1v) is 9.91. The largest absolute Gasteiger partial charge is 0.495 e. The van der Waals surface area contributed by atoms with Gasteiger partial charge in [-0.3, -0.25) is 9.36 Å². The average Bonchev–Trinajstić information content (AvgIpc) is 3.26. The topological polar surface area (TPSA) is 61.9 Å². The molecule has 0 unspecified atom stereocenters. The molecule has 2 aromatic heterocycles. The Morgan fingerprint density at radius 2 is 2.04 bits per heavy atom. The maximum atomic E-state index is 12.8. The lowest BCUT2D eigenvalue weighted by molar-refractivity contribution is 0.102. The van der Waals surface area contributed by atoms with Crippen LogP contribution in [0, 0.1) is 13.8 Å². The predicted octanol–water partition coefficient (Wildman–Crippen LogP) is 4.08. The zero-order valence-electron chi connectivity index (χ0n) is 16.1. The van der Waals surface area contributed by atoms with Crippen LogP contribution in [0.2, 0.25) is 0 Å². The molecule has 3 aromatic rings. The first-order valence-electron chi connectivity index (χ1n) is 8.93. The second-order valence-electron chi connectivity index (χ2n) is 6.30. The number of Topliss-reactive ketones (excluding diaryl/α,β-unsaturated/α-hetero) is 1. The Morgan fingerprint density at radius 3 is 2.78 bits per heavy atom. The minimum absolute atomic E-state index is 0.102. The van der Waals surface area contributed by atoms with E-state index in [0.29, 0.717) is 10.9 Å². The van der Waals surface area contributed by atoms with Crippen LogP contribution in [-0.2, 0) is 6.54 Å². The van der Waals surface area contributed by atoms with Crippen LogP contribution in [-0.4, -0.2) is 38.0 Å². The molecule has 0 aliphatic carbocycles. The third kappa shape index (κ3) is 3.93. The van der Waals surface area contributed by atoms with Gasteiger partial charge in [0.15, 0.2) is 10.9 Å². The molecular weight excluding hydrogens is 360 g/mol. The van der Waals surface area contributed by atoms with Crippen molar-refractivity contribution in [2.45, 2.75) is 38.9 Å². The number of hydrogen-bond acceptors (Lipinski definition) is 5. The molecule has 142 valence electrons. The summed E-state index contributed by atoms with van der Waals surface area (Å²) in [6, 6.07) is 9.65. The van der Waals surface area contributed by atoms with Crippen LogP contribution in [0.25, 0.3) is 5.69 Å². The minimum atomic E-state index is 0.102. The van der Waals surface area contributed by atoms with Crippen molar-refractivity contribution in [3.8, 4) is 11.4 Å². The van der Waals surface area contributed by atoms with Crippen molar-refractivity contribution in [2.75, 3.05) is 12.9 Å². The minimum Gasteiger partial charge on any atom is -0.495 e. The third-order valence-electron chi connectivity index (χ3n) is 4.51. The molecule has 0 fully saturated rings. The van der Waals surface area contributed by atoms with Crippen molar-refractivity contribution in [3.63, 3.8) is 0 Å². The molecule has 3 rings (SSSR count). The van der Waals surface area contributed by atoms with Crippen LogP contribution in [0.4, 0.5) is 0 Å². The summed E-state index contributed by atoms with van der Waals surface area (Å²) in [6.45, 7) is 7.13. The standard InChI is InChI=1S/C20H24N4O2S/c1-5-10-23-14(2)11-16(15(23)3)18(25)12-27-20-22-21-13-24(20)17-8-6-7-9-19(17)26-4/h6-9,11,13H,5,10,12H2,1-4H3. The summed E-state index contributed by atoms with van der Waals surface area (Å²) >= 11 is 1.38. The highest BCUT2D eigenvalue weighted by Crippen LogP contribution is 2.27. The molecule has 27 heavy (non-hydrogen) atoms. The van der Waals surface area contributed by atoms with Gasteiger partial charge in [-0.05, 0) is 38.5 Å². The normalized spacial score (nSPS) is 11.0. The molecule has 2 heterocycles. The Labute approximate surface area is 163 Å². The summed E-state index contributed by atoms with van der Waals surface area (Å²) in [5, 5.41) is 8.84. The molecule has 0 spiro atoms. The van der Waals surface area contributed by atoms with Crippen LogP contribution in [0.15, 0.2) is 41.8 Å². The highest BCUT2D eigenvalue weighted by atomic mass is 32.2. The first kappa shape index (κ1) is 19.2. The van der Waals surface area contributed by atoms with Gasteiger partial charge in [-0.15, -0.1) is 10.2 Å². The molecule has 0 N–H and O–H groups in total. The Balaban J connectivity index is 1.78. The van der Waals surface area contributed by atoms with E-state index in [9.17, 15) is 4.79 Å². The number of carbonyl (C=O) groups is 1. The molecule has 0 saturated heterocycles. The monoisotopic (exact) mass is 384 g/mol. The van der Waals surface area contributed by atoms with Gasteiger partial charge >= 0.3 is 0 Å². The number of hydrogen-bond donors (Lipinski definition) is 0. The number of rotatable bonds is 8. The van der Waals surface area contributed by atoms with Crippen molar-refractivity contribution in [2.24, 2.45) is 0 Å². The number of ketones is 1. The fourth-order valence-electron chi connectivity index (χ4n) is 3.18. The number of methoxy groups -OCH3 is 1. The summed E-state index contributed by atoms with van der Waals surface area (Å²) < 4.78 is 9.47. The van der Waals surface area contributed by atoms with E-state index in [-0.39, 0.29) is 5.78 Å². The van der Waals surface area contributed by atoms with Gasteiger partial charge in [0.05, 0.1) is 18.6 Å². The van der Waals surface area contributed by atoms with Crippen LogP contribution < -0.4 is 4.74 Å². The summed E-state index contributed by atoms with van der Waals surface area (Å²) in [4.78, 5) is 12.8. The van der Waals surface area contributed by atoms with Crippen LogP contribution in [0.1, 0.15) is 35.1 Å². The van der Waals surface area contributed by atoms with Crippen molar-refractivity contribution in [1.82, 2.24) is 19.3 Å². The Bertz CT molecular complexity index is 945. The third-order valence-corrected chi connectivity index (χ3v) is 5.46. The van der Waals surface area contributed by atoms with Gasteiger partial charge in [-0.1, -0.05) is 30.8 Å². The van der Waals surface area contributed by atoms with Gasteiger partial charge in [0.1, 0.15) is 12.1 Å². The highest BCUT2D eigenvalue weighted by Gasteiger charge is 2.18. The first-order chi connectivity index (χ1) is 13.1. The molecule has 0 atom stereocenters. The summed E-state index contributed by atoms with van der Waals surface area (Å²) in [7, 11) is 1.63. The van der Waals surface area contributed by atoms with E-state index in [1.54, 1.807) is 13.4 Å². The van der Waals surface area contributed by atoms with E-state index in [4.69, 9.17) is 4.74 Å². The Morgan fingerprint density at radius 1 is 1.26 bits per heavy atom. The average molecular weight is 385 g/mol.